The van der Waals surface area contributed by atoms with Crippen molar-refractivity contribution in [3.05, 3.63) is 0 Å². The van der Waals surface area contributed by atoms with E-state index in [0.29, 0.717) is 19.5 Å². The maximum atomic E-state index is 11.8. The number of hydrogen-bond donors (Lipinski definition) is 1. The lowest BCUT2D eigenvalue weighted by Gasteiger charge is -2.26. The number of nitrogens with zero attached hydrogens (tertiary/aromatic N) is 1. The van der Waals surface area contributed by atoms with E-state index < -0.39 is 11.2 Å². The number of carbonyl (C=O) groups is 1. The lowest BCUT2D eigenvalue weighted by Crippen LogP contribution is -2.38. The summed E-state index contributed by atoms with van der Waals surface area (Å²) in [5.74, 6) is 0. The maximum absolute atomic E-state index is 11.8. The molecular weight excluding hydrogens is 206 g/mol. The van der Waals surface area contributed by atoms with Gasteiger partial charge in [-0.3, -0.25) is 0 Å². The van der Waals surface area contributed by atoms with Crippen LogP contribution in [0.4, 0.5) is 4.79 Å². The summed E-state index contributed by atoms with van der Waals surface area (Å²) in [4.78, 5) is 13.5. The van der Waals surface area contributed by atoms with Crippen LogP contribution in [0.1, 0.15) is 47.0 Å². The summed E-state index contributed by atoms with van der Waals surface area (Å²) in [5.41, 5.74) is -1.09. The average Bonchev–Trinajstić information content (AvgIpc) is 2.23. The Hall–Kier alpha value is -0.770. The summed E-state index contributed by atoms with van der Waals surface area (Å²) in [7, 11) is 0. The molecule has 94 valence electrons. The fraction of sp³-hybridized carbons (Fsp3) is 0.917. The van der Waals surface area contributed by atoms with Crippen molar-refractivity contribution >= 4 is 6.09 Å². The monoisotopic (exact) mass is 229 g/mol. The molecule has 1 atom stereocenters. The third kappa shape index (κ3) is 4.39. The number of carbonyl (C=O) groups excluding carboxylic acids is 1. The van der Waals surface area contributed by atoms with Crippen LogP contribution in [0.25, 0.3) is 0 Å². The minimum absolute atomic E-state index is 0.273. The Morgan fingerprint density at radius 1 is 1.31 bits per heavy atom. The van der Waals surface area contributed by atoms with Crippen LogP contribution in [-0.4, -0.2) is 40.4 Å². The molecule has 1 fully saturated rings. The van der Waals surface area contributed by atoms with E-state index in [-0.39, 0.29) is 6.09 Å². The molecule has 4 nitrogen and oxygen atoms in total. The van der Waals surface area contributed by atoms with E-state index in [1.54, 1.807) is 4.90 Å². The summed E-state index contributed by atoms with van der Waals surface area (Å²) in [6, 6.07) is 0. The van der Waals surface area contributed by atoms with Crippen molar-refractivity contribution < 1.29 is 14.6 Å². The van der Waals surface area contributed by atoms with Crippen LogP contribution in [0.15, 0.2) is 0 Å². The van der Waals surface area contributed by atoms with Gasteiger partial charge in [0.15, 0.2) is 0 Å². The molecule has 0 spiro atoms. The Labute approximate surface area is 97.6 Å². The molecule has 0 aromatic rings. The molecule has 1 aliphatic heterocycles. The Balaban J connectivity index is 2.52. The van der Waals surface area contributed by atoms with Crippen molar-refractivity contribution in [2.75, 3.05) is 13.1 Å². The zero-order chi connectivity index (χ0) is 12.4. The molecule has 1 aliphatic rings. The lowest BCUT2D eigenvalue weighted by molar-refractivity contribution is 0.0210. The van der Waals surface area contributed by atoms with E-state index in [1.165, 1.54) is 0 Å². The number of amides is 1. The van der Waals surface area contributed by atoms with Crippen LogP contribution in [0.3, 0.4) is 0 Å². The van der Waals surface area contributed by atoms with E-state index in [2.05, 4.69) is 0 Å². The van der Waals surface area contributed by atoms with Gasteiger partial charge in [0.2, 0.25) is 0 Å². The van der Waals surface area contributed by atoms with Gasteiger partial charge in [0.25, 0.3) is 0 Å². The number of ether oxygens (including phenoxy) is 1. The topological polar surface area (TPSA) is 49.8 Å². The van der Waals surface area contributed by atoms with E-state index in [9.17, 15) is 9.90 Å². The highest BCUT2D eigenvalue weighted by atomic mass is 16.6. The largest absolute Gasteiger partial charge is 0.444 e. The third-order valence-electron chi connectivity index (χ3n) is 2.72. The van der Waals surface area contributed by atoms with Gasteiger partial charge in [0.1, 0.15) is 5.60 Å². The normalized spacial score (nSPS) is 27.4. The van der Waals surface area contributed by atoms with Crippen LogP contribution in [0, 0.1) is 0 Å². The van der Waals surface area contributed by atoms with Gasteiger partial charge in [-0.2, -0.15) is 0 Å². The second kappa shape index (κ2) is 4.62. The first-order valence-corrected chi connectivity index (χ1v) is 5.90. The molecule has 1 heterocycles. The molecule has 0 bridgehead atoms. The Morgan fingerprint density at radius 3 is 2.50 bits per heavy atom. The van der Waals surface area contributed by atoms with Crippen LogP contribution in [0.5, 0.6) is 0 Å². The zero-order valence-electron chi connectivity index (χ0n) is 10.7. The molecule has 16 heavy (non-hydrogen) atoms. The molecule has 0 radical (unpaired) electrons. The van der Waals surface area contributed by atoms with Crippen molar-refractivity contribution in [1.29, 1.82) is 0 Å². The van der Waals surface area contributed by atoms with E-state index in [0.717, 1.165) is 12.8 Å². The second-order valence-electron chi connectivity index (χ2n) is 5.82. The van der Waals surface area contributed by atoms with E-state index >= 15 is 0 Å². The average molecular weight is 229 g/mol. The highest BCUT2D eigenvalue weighted by molar-refractivity contribution is 5.68. The summed E-state index contributed by atoms with van der Waals surface area (Å²) in [6.07, 6.45) is 1.91. The molecule has 1 unspecified atom stereocenters. The smallest absolute Gasteiger partial charge is 0.410 e. The van der Waals surface area contributed by atoms with Gasteiger partial charge in [-0.25, -0.2) is 4.79 Å². The first-order chi connectivity index (χ1) is 7.20. The van der Waals surface area contributed by atoms with Gasteiger partial charge < -0.3 is 14.7 Å². The molecule has 1 saturated heterocycles. The molecule has 1 N–H and O–H groups in total. The van der Waals surface area contributed by atoms with Crippen molar-refractivity contribution in [1.82, 2.24) is 4.90 Å². The van der Waals surface area contributed by atoms with Crippen molar-refractivity contribution in [3.8, 4) is 0 Å². The SMILES string of the molecule is CC1(O)CCCN(C(=O)OC(C)(C)C)CC1. The molecule has 0 aromatic carbocycles. The highest BCUT2D eigenvalue weighted by Crippen LogP contribution is 2.22. The minimum atomic E-state index is -0.642. The van der Waals surface area contributed by atoms with E-state index in [4.69, 9.17) is 4.74 Å². The Bertz CT molecular complexity index is 255. The Morgan fingerprint density at radius 2 is 1.94 bits per heavy atom. The fourth-order valence-corrected chi connectivity index (χ4v) is 1.77. The molecule has 4 heteroatoms. The first kappa shape index (κ1) is 13.3. The van der Waals surface area contributed by atoms with Gasteiger partial charge in [-0.05, 0) is 47.0 Å². The van der Waals surface area contributed by atoms with Crippen LogP contribution in [0.2, 0.25) is 0 Å². The number of hydrogen-bond acceptors (Lipinski definition) is 3. The van der Waals surface area contributed by atoms with Gasteiger partial charge in [-0.1, -0.05) is 0 Å². The van der Waals surface area contributed by atoms with Crippen molar-refractivity contribution in [2.45, 2.75) is 58.2 Å². The number of aliphatic hydroxyl groups is 1. The van der Waals surface area contributed by atoms with Crippen LogP contribution >= 0.6 is 0 Å². The predicted molar refractivity (Wildman–Crippen MR) is 62.3 cm³/mol. The van der Waals surface area contributed by atoms with Crippen molar-refractivity contribution in [3.63, 3.8) is 0 Å². The number of likely N-dealkylation sites (tertiary alicyclic amines) is 1. The summed E-state index contributed by atoms with van der Waals surface area (Å²) in [5, 5.41) is 9.91. The second-order valence-corrected chi connectivity index (χ2v) is 5.82. The maximum Gasteiger partial charge on any atom is 0.410 e. The van der Waals surface area contributed by atoms with Gasteiger partial charge >= 0.3 is 6.09 Å². The lowest BCUT2D eigenvalue weighted by atomic mass is 9.98. The molecular formula is C12H23NO3. The summed E-state index contributed by atoms with van der Waals surface area (Å²) >= 11 is 0. The predicted octanol–water partition coefficient (Wildman–Crippen LogP) is 2.16. The fourth-order valence-electron chi connectivity index (χ4n) is 1.77. The molecule has 0 aromatic heterocycles. The van der Waals surface area contributed by atoms with Crippen LogP contribution in [-0.2, 0) is 4.74 Å². The standard InChI is InChI=1S/C12H23NO3/c1-11(2,3)16-10(14)13-8-5-6-12(4,15)7-9-13/h15H,5-9H2,1-4H3. The highest BCUT2D eigenvalue weighted by Gasteiger charge is 2.29. The number of rotatable bonds is 0. The molecule has 1 rings (SSSR count). The van der Waals surface area contributed by atoms with Crippen LogP contribution < -0.4 is 0 Å². The molecule has 0 aliphatic carbocycles. The summed E-state index contributed by atoms with van der Waals surface area (Å²) in [6.45, 7) is 8.65. The summed E-state index contributed by atoms with van der Waals surface area (Å²) < 4.78 is 5.31. The third-order valence-corrected chi connectivity index (χ3v) is 2.72. The molecule has 1 amide bonds. The first-order valence-electron chi connectivity index (χ1n) is 5.90. The van der Waals surface area contributed by atoms with Crippen molar-refractivity contribution in [2.24, 2.45) is 0 Å². The van der Waals surface area contributed by atoms with E-state index in [1.807, 2.05) is 27.7 Å². The Kier molecular flexibility index (Phi) is 3.84. The quantitative estimate of drug-likeness (QED) is 0.692. The minimum Gasteiger partial charge on any atom is -0.444 e. The zero-order valence-corrected chi connectivity index (χ0v) is 10.7. The van der Waals surface area contributed by atoms with Gasteiger partial charge in [0, 0.05) is 13.1 Å². The van der Waals surface area contributed by atoms with Gasteiger partial charge in [-0.15, -0.1) is 0 Å². The van der Waals surface area contributed by atoms with Gasteiger partial charge in [0.05, 0.1) is 5.60 Å². The molecule has 0 saturated carbocycles.